The third kappa shape index (κ3) is 2.98. The highest BCUT2D eigenvalue weighted by molar-refractivity contribution is 5.79. The molecule has 3 fully saturated rings. The molecule has 0 spiro atoms. The summed E-state index contributed by atoms with van der Waals surface area (Å²) in [4.78, 5) is 21.9. The third-order valence-corrected chi connectivity index (χ3v) is 6.91. The predicted octanol–water partition coefficient (Wildman–Crippen LogP) is 2.72. The van der Waals surface area contributed by atoms with Crippen LogP contribution >= 0.6 is 0 Å². The summed E-state index contributed by atoms with van der Waals surface area (Å²) in [6.07, 6.45) is 5.65. The highest BCUT2D eigenvalue weighted by atomic mass is 16.5. The van der Waals surface area contributed by atoms with Crippen LogP contribution in [0.3, 0.4) is 0 Å². The Morgan fingerprint density at radius 2 is 2.04 bits per heavy atom. The van der Waals surface area contributed by atoms with Gasteiger partial charge in [-0.2, -0.15) is 0 Å². The lowest BCUT2D eigenvalue weighted by molar-refractivity contribution is -0.138. The fraction of sp³-hybridized carbons (Fsp3) is 0.478. The maximum Gasteiger partial charge on any atom is 0.228 e. The second-order valence-electron chi connectivity index (χ2n) is 8.41. The molecule has 1 aromatic carbocycles. The Balaban J connectivity index is 1.43. The SMILES string of the molecule is O=C(C1CCOC1)N1CCC2(c3ccccc3)CN(c3cccnc3)CC2C1. The zero-order valence-electron chi connectivity index (χ0n) is 16.2. The van der Waals surface area contributed by atoms with Crippen LogP contribution in [0.15, 0.2) is 54.9 Å². The van der Waals surface area contributed by atoms with Crippen molar-refractivity contribution in [1.29, 1.82) is 0 Å². The summed E-state index contributed by atoms with van der Waals surface area (Å²) in [5.74, 6) is 0.772. The first-order chi connectivity index (χ1) is 13.8. The average Bonchev–Trinajstić information content (AvgIpc) is 3.43. The Labute approximate surface area is 166 Å². The smallest absolute Gasteiger partial charge is 0.228 e. The lowest BCUT2D eigenvalue weighted by Gasteiger charge is -2.44. The van der Waals surface area contributed by atoms with Crippen molar-refractivity contribution in [2.75, 3.05) is 44.3 Å². The van der Waals surface area contributed by atoms with E-state index in [-0.39, 0.29) is 11.3 Å². The van der Waals surface area contributed by atoms with E-state index in [1.54, 1.807) is 0 Å². The van der Waals surface area contributed by atoms with Gasteiger partial charge >= 0.3 is 0 Å². The van der Waals surface area contributed by atoms with Gasteiger partial charge in [0.1, 0.15) is 0 Å². The van der Waals surface area contributed by atoms with Crippen LogP contribution in [-0.4, -0.2) is 55.2 Å². The molecule has 5 nitrogen and oxygen atoms in total. The minimum Gasteiger partial charge on any atom is -0.381 e. The lowest BCUT2D eigenvalue weighted by atomic mass is 9.68. The number of amides is 1. The van der Waals surface area contributed by atoms with E-state index in [2.05, 4.69) is 51.2 Å². The van der Waals surface area contributed by atoms with Gasteiger partial charge in [-0.05, 0) is 30.5 Å². The molecule has 3 aliphatic rings. The molecule has 28 heavy (non-hydrogen) atoms. The average molecular weight is 377 g/mol. The number of hydrogen-bond donors (Lipinski definition) is 0. The summed E-state index contributed by atoms with van der Waals surface area (Å²) in [5, 5.41) is 0. The summed E-state index contributed by atoms with van der Waals surface area (Å²) in [6.45, 7) is 4.93. The van der Waals surface area contributed by atoms with E-state index in [0.29, 0.717) is 18.4 Å². The minimum atomic E-state index is 0.0556. The van der Waals surface area contributed by atoms with Crippen LogP contribution in [-0.2, 0) is 14.9 Å². The van der Waals surface area contributed by atoms with Gasteiger partial charge in [0, 0.05) is 50.3 Å². The molecule has 3 aliphatic heterocycles. The molecule has 5 rings (SSSR count). The van der Waals surface area contributed by atoms with Crippen LogP contribution in [0.2, 0.25) is 0 Å². The number of likely N-dealkylation sites (tertiary alicyclic amines) is 1. The number of carbonyl (C=O) groups is 1. The molecule has 3 unspecified atom stereocenters. The van der Waals surface area contributed by atoms with Gasteiger partial charge in [-0.1, -0.05) is 30.3 Å². The molecule has 3 saturated heterocycles. The van der Waals surface area contributed by atoms with E-state index in [0.717, 1.165) is 45.6 Å². The maximum absolute atomic E-state index is 13.0. The number of aromatic nitrogens is 1. The van der Waals surface area contributed by atoms with Crippen LogP contribution in [0.5, 0.6) is 0 Å². The Bertz CT molecular complexity index is 822. The van der Waals surface area contributed by atoms with Gasteiger partial charge in [0.15, 0.2) is 0 Å². The number of fused-ring (bicyclic) bond motifs is 1. The third-order valence-electron chi connectivity index (χ3n) is 6.91. The van der Waals surface area contributed by atoms with E-state index < -0.39 is 0 Å². The Kier molecular flexibility index (Phi) is 4.55. The Morgan fingerprint density at radius 1 is 1.14 bits per heavy atom. The minimum absolute atomic E-state index is 0.0556. The zero-order chi connectivity index (χ0) is 19.0. The van der Waals surface area contributed by atoms with Gasteiger partial charge < -0.3 is 14.5 Å². The largest absolute Gasteiger partial charge is 0.381 e. The van der Waals surface area contributed by atoms with E-state index in [1.165, 1.54) is 11.3 Å². The first-order valence-electron chi connectivity index (χ1n) is 10.3. The summed E-state index contributed by atoms with van der Waals surface area (Å²) >= 11 is 0. The molecule has 0 aliphatic carbocycles. The van der Waals surface area contributed by atoms with Gasteiger partial charge in [-0.3, -0.25) is 9.78 Å². The van der Waals surface area contributed by atoms with Gasteiger partial charge in [0.05, 0.1) is 24.4 Å². The van der Waals surface area contributed by atoms with Crippen molar-refractivity contribution < 1.29 is 9.53 Å². The normalized spacial score (nSPS) is 29.7. The van der Waals surface area contributed by atoms with Crippen LogP contribution in [0.1, 0.15) is 18.4 Å². The summed E-state index contributed by atoms with van der Waals surface area (Å²) in [6, 6.07) is 15.0. The molecule has 0 saturated carbocycles. The number of carbonyl (C=O) groups excluding carboxylic acids is 1. The molecule has 3 atom stereocenters. The molecule has 0 radical (unpaired) electrons. The number of nitrogens with zero attached hydrogens (tertiary/aromatic N) is 3. The fourth-order valence-corrected chi connectivity index (χ4v) is 5.35. The van der Waals surface area contributed by atoms with Gasteiger partial charge in [-0.15, -0.1) is 0 Å². The summed E-state index contributed by atoms with van der Waals surface area (Å²) < 4.78 is 5.46. The monoisotopic (exact) mass is 377 g/mol. The van der Waals surface area contributed by atoms with Crippen molar-refractivity contribution in [3.63, 3.8) is 0 Å². The van der Waals surface area contributed by atoms with Crippen LogP contribution in [0.4, 0.5) is 5.69 Å². The summed E-state index contributed by atoms with van der Waals surface area (Å²) in [5.41, 5.74) is 2.68. The van der Waals surface area contributed by atoms with Crippen molar-refractivity contribution >= 4 is 11.6 Å². The van der Waals surface area contributed by atoms with Crippen LogP contribution < -0.4 is 4.90 Å². The van der Waals surface area contributed by atoms with E-state index in [4.69, 9.17) is 4.74 Å². The number of benzene rings is 1. The molecule has 0 N–H and O–H groups in total. The summed E-state index contributed by atoms with van der Waals surface area (Å²) in [7, 11) is 0. The molecular formula is C23H27N3O2. The van der Waals surface area contributed by atoms with Crippen molar-refractivity contribution in [1.82, 2.24) is 9.88 Å². The number of piperidine rings is 1. The van der Waals surface area contributed by atoms with E-state index >= 15 is 0 Å². The fourth-order valence-electron chi connectivity index (χ4n) is 5.35. The zero-order valence-corrected chi connectivity index (χ0v) is 16.2. The van der Waals surface area contributed by atoms with E-state index in [1.807, 2.05) is 18.5 Å². The molecule has 5 heteroatoms. The maximum atomic E-state index is 13.0. The molecular weight excluding hydrogens is 350 g/mol. The number of ether oxygens (including phenoxy) is 1. The standard InChI is InChI=1S/C23H27N3O2/c27-22(18-8-12-28-16-18)25-11-9-23(19-5-2-1-3-6-19)17-26(15-20(23)14-25)21-7-4-10-24-13-21/h1-7,10,13,18,20H,8-9,11-12,14-17H2. The topological polar surface area (TPSA) is 45.7 Å². The van der Waals surface area contributed by atoms with Crippen molar-refractivity contribution in [2.24, 2.45) is 11.8 Å². The first kappa shape index (κ1) is 17.7. The predicted molar refractivity (Wildman–Crippen MR) is 108 cm³/mol. The highest BCUT2D eigenvalue weighted by Crippen LogP contribution is 2.46. The van der Waals surface area contributed by atoms with Crippen LogP contribution in [0, 0.1) is 11.8 Å². The number of hydrogen-bond acceptors (Lipinski definition) is 4. The molecule has 1 aromatic heterocycles. The number of pyridine rings is 1. The Morgan fingerprint density at radius 3 is 2.79 bits per heavy atom. The highest BCUT2D eigenvalue weighted by Gasteiger charge is 2.51. The second kappa shape index (κ2) is 7.21. The molecule has 4 heterocycles. The van der Waals surface area contributed by atoms with E-state index in [9.17, 15) is 4.79 Å². The molecule has 146 valence electrons. The lowest BCUT2D eigenvalue weighted by Crippen LogP contribution is -2.52. The number of anilines is 1. The Hall–Kier alpha value is -2.40. The van der Waals surface area contributed by atoms with Gasteiger partial charge in [-0.25, -0.2) is 0 Å². The van der Waals surface area contributed by atoms with Crippen molar-refractivity contribution in [3.05, 3.63) is 60.4 Å². The molecule has 0 bridgehead atoms. The van der Waals surface area contributed by atoms with Crippen molar-refractivity contribution in [3.8, 4) is 0 Å². The number of rotatable bonds is 3. The quantitative estimate of drug-likeness (QED) is 0.825. The van der Waals surface area contributed by atoms with Gasteiger partial charge in [0.25, 0.3) is 0 Å². The van der Waals surface area contributed by atoms with Crippen molar-refractivity contribution in [2.45, 2.75) is 18.3 Å². The second-order valence-corrected chi connectivity index (χ2v) is 8.41. The first-order valence-corrected chi connectivity index (χ1v) is 10.3. The molecule has 2 aromatic rings. The molecule has 1 amide bonds. The van der Waals surface area contributed by atoms with Gasteiger partial charge in [0.2, 0.25) is 5.91 Å². The van der Waals surface area contributed by atoms with Crippen LogP contribution in [0.25, 0.3) is 0 Å².